The molecule has 1 heterocycles. The quantitative estimate of drug-likeness (QED) is 0.511. The number of allylic oxidation sites excluding steroid dienone is 1. The first-order valence-electron chi connectivity index (χ1n) is 8.72. The smallest absolute Gasteiger partial charge is 0.261 e. The van der Waals surface area contributed by atoms with Crippen LogP contribution in [0.1, 0.15) is 28.4 Å². The first-order valence-corrected chi connectivity index (χ1v) is 8.72. The maximum absolute atomic E-state index is 12.9. The fraction of sp³-hybridized carbons (Fsp3) is 0.143. The summed E-state index contributed by atoms with van der Waals surface area (Å²) in [5, 5.41) is 6.72. The van der Waals surface area contributed by atoms with Crippen molar-refractivity contribution >= 4 is 29.1 Å². The second kappa shape index (κ2) is 8.30. The van der Waals surface area contributed by atoms with Gasteiger partial charge in [-0.25, -0.2) is 4.98 Å². The molecule has 0 aliphatic heterocycles. The molecule has 3 rings (SSSR count). The highest BCUT2D eigenvalue weighted by Crippen LogP contribution is 2.17. The van der Waals surface area contributed by atoms with Crippen LogP contribution in [-0.2, 0) is 6.54 Å². The van der Waals surface area contributed by atoms with Crippen LogP contribution >= 0.6 is 0 Å². The van der Waals surface area contributed by atoms with Crippen LogP contribution in [-0.4, -0.2) is 29.2 Å². The summed E-state index contributed by atoms with van der Waals surface area (Å²) in [6.45, 7) is 5.63. The lowest BCUT2D eigenvalue weighted by Gasteiger charge is -2.09. The summed E-state index contributed by atoms with van der Waals surface area (Å²) in [5.74, 6) is -0.164. The lowest BCUT2D eigenvalue weighted by Crippen LogP contribution is -2.22. The van der Waals surface area contributed by atoms with Crippen LogP contribution in [0.25, 0.3) is 16.5 Å². The molecule has 142 valence electrons. The van der Waals surface area contributed by atoms with Crippen LogP contribution in [0, 0.1) is 0 Å². The number of nitrogens with zero attached hydrogens (tertiary/aromatic N) is 3. The Morgan fingerprint density at radius 2 is 2.07 bits per heavy atom. The van der Waals surface area contributed by atoms with Crippen molar-refractivity contribution in [2.45, 2.75) is 13.5 Å². The average molecular weight is 375 g/mol. The number of nitrogens with one attached hydrogen (secondary N) is 2. The topological polar surface area (TPSA) is 88.4 Å². The van der Waals surface area contributed by atoms with Crippen LogP contribution in [0.2, 0.25) is 0 Å². The van der Waals surface area contributed by atoms with E-state index in [1.165, 1.54) is 10.9 Å². The van der Waals surface area contributed by atoms with Gasteiger partial charge in [0.25, 0.3) is 11.5 Å². The minimum atomic E-state index is -0.164. The molecule has 0 aliphatic carbocycles. The van der Waals surface area contributed by atoms with Gasteiger partial charge in [0.15, 0.2) is 0 Å². The van der Waals surface area contributed by atoms with Crippen LogP contribution in [0.15, 0.2) is 64.9 Å². The third-order valence-electron chi connectivity index (χ3n) is 4.42. The molecule has 0 atom stereocenters. The second-order valence-corrected chi connectivity index (χ2v) is 6.30. The standard InChI is InChI=1S/C21H21N5O2/c1-14(11-25-23-3)16-7-8-18-19(10-16)24-13-26(21(18)28)12-15-5-4-6-17(9-15)20(27)22-2/h4-11,13,25H,3,12H2,1-2H3,(H,22,27)/b14-11+. The van der Waals surface area contributed by atoms with Gasteiger partial charge in [-0.05, 0) is 47.9 Å². The number of benzene rings is 2. The molecular formula is C21H21N5O2. The molecule has 0 fully saturated rings. The van der Waals surface area contributed by atoms with E-state index in [2.05, 4.69) is 27.5 Å². The third-order valence-corrected chi connectivity index (χ3v) is 4.42. The van der Waals surface area contributed by atoms with E-state index >= 15 is 0 Å². The zero-order valence-corrected chi connectivity index (χ0v) is 15.8. The van der Waals surface area contributed by atoms with E-state index in [1.54, 1.807) is 37.5 Å². The molecule has 2 N–H and O–H groups in total. The third kappa shape index (κ3) is 3.98. The minimum absolute atomic E-state index is 0.130. The van der Waals surface area contributed by atoms with E-state index in [0.29, 0.717) is 23.0 Å². The summed E-state index contributed by atoms with van der Waals surface area (Å²) >= 11 is 0. The van der Waals surface area contributed by atoms with Gasteiger partial charge < -0.3 is 5.32 Å². The minimum Gasteiger partial charge on any atom is -0.355 e. The Balaban J connectivity index is 1.94. The molecule has 1 amide bonds. The molecule has 0 saturated heterocycles. The number of carbonyl (C=O) groups excluding carboxylic acids is 1. The average Bonchev–Trinajstić information content (AvgIpc) is 2.73. The van der Waals surface area contributed by atoms with Crippen molar-refractivity contribution in [3.63, 3.8) is 0 Å². The summed E-state index contributed by atoms with van der Waals surface area (Å²) in [6, 6.07) is 12.7. The van der Waals surface area contributed by atoms with E-state index in [1.807, 2.05) is 25.1 Å². The van der Waals surface area contributed by atoms with Crippen molar-refractivity contribution in [3.8, 4) is 0 Å². The first-order chi connectivity index (χ1) is 13.5. The zero-order valence-electron chi connectivity index (χ0n) is 15.8. The second-order valence-electron chi connectivity index (χ2n) is 6.30. The molecule has 28 heavy (non-hydrogen) atoms. The van der Waals surface area contributed by atoms with Crippen LogP contribution < -0.4 is 16.3 Å². The van der Waals surface area contributed by atoms with E-state index < -0.39 is 0 Å². The van der Waals surface area contributed by atoms with Crippen molar-refractivity contribution < 1.29 is 4.79 Å². The number of hydrogen-bond donors (Lipinski definition) is 2. The van der Waals surface area contributed by atoms with E-state index in [0.717, 1.165) is 16.7 Å². The number of rotatable bonds is 6. The number of aromatic nitrogens is 2. The predicted octanol–water partition coefficient (Wildman–Crippen LogP) is 2.37. The van der Waals surface area contributed by atoms with Gasteiger partial charge in [-0.1, -0.05) is 18.2 Å². The SMILES string of the molecule is C=NN/C=C(\C)c1ccc2c(=O)n(Cc3cccc(C(=O)NC)c3)cnc2c1. The molecule has 1 aromatic heterocycles. The van der Waals surface area contributed by atoms with Crippen molar-refractivity contribution in [2.75, 3.05) is 7.05 Å². The normalized spacial score (nSPS) is 11.3. The van der Waals surface area contributed by atoms with Gasteiger partial charge in [0.05, 0.1) is 23.8 Å². The molecule has 7 heteroatoms. The lowest BCUT2D eigenvalue weighted by atomic mass is 10.1. The largest absolute Gasteiger partial charge is 0.355 e. The summed E-state index contributed by atoms with van der Waals surface area (Å²) < 4.78 is 1.54. The Kier molecular flexibility index (Phi) is 5.64. The van der Waals surface area contributed by atoms with E-state index in [-0.39, 0.29) is 11.5 Å². The van der Waals surface area contributed by atoms with Crippen molar-refractivity contribution in [2.24, 2.45) is 5.10 Å². The Bertz CT molecular complexity index is 1130. The molecule has 0 spiro atoms. The van der Waals surface area contributed by atoms with Crippen molar-refractivity contribution in [1.29, 1.82) is 0 Å². The first kappa shape index (κ1) is 19.0. The van der Waals surface area contributed by atoms with Gasteiger partial charge in [0.2, 0.25) is 0 Å². The van der Waals surface area contributed by atoms with Gasteiger partial charge in [-0.3, -0.25) is 19.6 Å². The molecule has 7 nitrogen and oxygen atoms in total. The Morgan fingerprint density at radius 1 is 1.25 bits per heavy atom. The van der Waals surface area contributed by atoms with Crippen LogP contribution in [0.3, 0.4) is 0 Å². The zero-order chi connectivity index (χ0) is 20.1. The molecule has 2 aromatic carbocycles. The monoisotopic (exact) mass is 375 g/mol. The highest BCUT2D eigenvalue weighted by molar-refractivity contribution is 5.94. The molecular weight excluding hydrogens is 354 g/mol. The maximum atomic E-state index is 12.9. The van der Waals surface area contributed by atoms with E-state index in [9.17, 15) is 9.59 Å². The highest BCUT2D eigenvalue weighted by Gasteiger charge is 2.08. The van der Waals surface area contributed by atoms with Gasteiger partial charge in [-0.15, -0.1) is 0 Å². The summed E-state index contributed by atoms with van der Waals surface area (Å²) in [5.41, 5.74) is 6.48. The van der Waals surface area contributed by atoms with Gasteiger partial charge in [-0.2, -0.15) is 5.10 Å². The fourth-order valence-corrected chi connectivity index (χ4v) is 2.89. The Labute approximate surface area is 162 Å². The van der Waals surface area contributed by atoms with Gasteiger partial charge >= 0.3 is 0 Å². The highest BCUT2D eigenvalue weighted by atomic mass is 16.1. The molecule has 0 aliphatic rings. The van der Waals surface area contributed by atoms with Gasteiger partial charge in [0, 0.05) is 25.5 Å². The number of amides is 1. The van der Waals surface area contributed by atoms with Crippen molar-refractivity contribution in [3.05, 3.63) is 82.0 Å². The molecule has 0 unspecified atom stereocenters. The summed E-state index contributed by atoms with van der Waals surface area (Å²) in [7, 11) is 1.59. The molecule has 0 bridgehead atoms. The fourth-order valence-electron chi connectivity index (χ4n) is 2.89. The number of hydrazone groups is 1. The maximum Gasteiger partial charge on any atom is 0.261 e. The lowest BCUT2D eigenvalue weighted by molar-refractivity contribution is 0.0963. The summed E-state index contributed by atoms with van der Waals surface area (Å²) in [6.07, 6.45) is 3.26. The molecule has 3 aromatic rings. The Hall–Kier alpha value is -3.74. The number of carbonyl (C=O) groups is 1. The number of hydrogen-bond acceptors (Lipinski definition) is 5. The summed E-state index contributed by atoms with van der Waals surface area (Å²) in [4.78, 5) is 29.1. The molecule has 0 radical (unpaired) electrons. The Morgan fingerprint density at radius 3 is 2.82 bits per heavy atom. The van der Waals surface area contributed by atoms with Crippen molar-refractivity contribution in [1.82, 2.24) is 20.3 Å². The number of fused-ring (bicyclic) bond motifs is 1. The van der Waals surface area contributed by atoms with Gasteiger partial charge in [0.1, 0.15) is 0 Å². The van der Waals surface area contributed by atoms with Crippen LogP contribution in [0.4, 0.5) is 0 Å². The predicted molar refractivity (Wildman–Crippen MR) is 111 cm³/mol. The van der Waals surface area contributed by atoms with Crippen LogP contribution in [0.5, 0.6) is 0 Å². The molecule has 0 saturated carbocycles. The van der Waals surface area contributed by atoms with E-state index in [4.69, 9.17) is 0 Å².